The highest BCUT2D eigenvalue weighted by molar-refractivity contribution is 5.76. The molecule has 0 aromatic heterocycles. The van der Waals surface area contributed by atoms with Crippen LogP contribution in [-0.4, -0.2) is 72.6 Å². The molecule has 0 spiro atoms. The zero-order valence-corrected chi connectivity index (χ0v) is 17.3. The summed E-state index contributed by atoms with van der Waals surface area (Å²) in [6, 6.07) is 8.46. The SMILES string of the molecule is CN1CC(C2c3ccccc3CCN2C(=O)O[C@H]2CN3CCC2CC3)CCC1=O. The van der Waals surface area contributed by atoms with E-state index in [9.17, 15) is 9.59 Å². The number of fused-ring (bicyclic) bond motifs is 4. The highest BCUT2D eigenvalue weighted by Gasteiger charge is 2.42. The number of hydrogen-bond donors (Lipinski definition) is 0. The van der Waals surface area contributed by atoms with Crippen molar-refractivity contribution in [2.45, 2.75) is 44.2 Å². The van der Waals surface area contributed by atoms with Gasteiger partial charge in [-0.15, -0.1) is 0 Å². The van der Waals surface area contributed by atoms with Crippen LogP contribution in [0.15, 0.2) is 24.3 Å². The summed E-state index contributed by atoms with van der Waals surface area (Å²) in [5.74, 6) is 0.961. The van der Waals surface area contributed by atoms with E-state index in [1.54, 1.807) is 0 Å². The van der Waals surface area contributed by atoms with Gasteiger partial charge in [-0.2, -0.15) is 0 Å². The summed E-state index contributed by atoms with van der Waals surface area (Å²) < 4.78 is 6.11. The van der Waals surface area contributed by atoms with Gasteiger partial charge in [0.05, 0.1) is 6.04 Å². The Morgan fingerprint density at radius 3 is 2.52 bits per heavy atom. The van der Waals surface area contributed by atoms with E-state index in [1.807, 2.05) is 16.8 Å². The first-order valence-corrected chi connectivity index (χ1v) is 11.1. The van der Waals surface area contributed by atoms with Crippen LogP contribution >= 0.6 is 0 Å². The van der Waals surface area contributed by atoms with Crippen molar-refractivity contribution in [3.05, 3.63) is 35.4 Å². The molecule has 3 atom stereocenters. The second-order valence-electron chi connectivity index (χ2n) is 9.22. The van der Waals surface area contributed by atoms with E-state index in [4.69, 9.17) is 4.74 Å². The molecule has 156 valence electrons. The third-order valence-corrected chi connectivity index (χ3v) is 7.52. The molecule has 6 rings (SSSR count). The summed E-state index contributed by atoms with van der Waals surface area (Å²) in [5.41, 5.74) is 2.56. The van der Waals surface area contributed by atoms with Gasteiger partial charge in [0, 0.05) is 39.0 Å². The smallest absolute Gasteiger partial charge is 0.410 e. The number of likely N-dealkylation sites (tertiary alicyclic amines) is 1. The van der Waals surface area contributed by atoms with E-state index in [1.165, 1.54) is 11.1 Å². The summed E-state index contributed by atoms with van der Waals surface area (Å²) in [6.45, 7) is 4.55. The van der Waals surface area contributed by atoms with Gasteiger partial charge in [-0.05, 0) is 55.8 Å². The number of hydrogen-bond acceptors (Lipinski definition) is 4. The van der Waals surface area contributed by atoms with Crippen LogP contribution in [0.3, 0.4) is 0 Å². The van der Waals surface area contributed by atoms with Crippen molar-refractivity contribution in [2.75, 3.05) is 39.8 Å². The fourth-order valence-corrected chi connectivity index (χ4v) is 5.86. The molecule has 29 heavy (non-hydrogen) atoms. The monoisotopic (exact) mass is 397 g/mol. The van der Waals surface area contributed by atoms with Crippen LogP contribution in [0.25, 0.3) is 0 Å². The highest BCUT2D eigenvalue weighted by Crippen LogP contribution is 2.40. The normalized spacial score (nSPS) is 34.1. The predicted octanol–water partition coefficient (Wildman–Crippen LogP) is 2.69. The quantitative estimate of drug-likeness (QED) is 0.770. The zero-order chi connectivity index (χ0) is 20.0. The molecule has 4 fully saturated rings. The molecular weight excluding hydrogens is 366 g/mol. The maximum Gasteiger partial charge on any atom is 0.410 e. The van der Waals surface area contributed by atoms with Gasteiger partial charge in [-0.3, -0.25) is 9.69 Å². The summed E-state index contributed by atoms with van der Waals surface area (Å²) in [4.78, 5) is 31.6. The van der Waals surface area contributed by atoms with Gasteiger partial charge in [-0.25, -0.2) is 4.79 Å². The number of benzene rings is 1. The lowest BCUT2D eigenvalue weighted by molar-refractivity contribution is -0.134. The maximum absolute atomic E-state index is 13.4. The number of nitrogens with zero attached hydrogens (tertiary/aromatic N) is 3. The minimum Gasteiger partial charge on any atom is -0.444 e. The average Bonchev–Trinajstić information content (AvgIpc) is 2.76. The van der Waals surface area contributed by atoms with Crippen molar-refractivity contribution in [1.29, 1.82) is 0 Å². The van der Waals surface area contributed by atoms with Crippen LogP contribution in [-0.2, 0) is 16.0 Å². The van der Waals surface area contributed by atoms with Crippen molar-refractivity contribution < 1.29 is 14.3 Å². The molecule has 2 amide bonds. The Hall–Kier alpha value is -2.08. The lowest BCUT2D eigenvalue weighted by Crippen LogP contribution is -2.54. The number of piperidine rings is 4. The van der Waals surface area contributed by atoms with Crippen LogP contribution in [0, 0.1) is 11.8 Å². The third-order valence-electron chi connectivity index (χ3n) is 7.52. The lowest BCUT2D eigenvalue weighted by Gasteiger charge is -2.47. The van der Waals surface area contributed by atoms with Gasteiger partial charge in [0.2, 0.25) is 5.91 Å². The molecular formula is C23H31N3O3. The molecule has 5 heterocycles. The third kappa shape index (κ3) is 3.52. The summed E-state index contributed by atoms with van der Waals surface area (Å²) >= 11 is 0. The minimum absolute atomic E-state index is 0.0101. The molecule has 6 heteroatoms. The van der Waals surface area contributed by atoms with E-state index in [2.05, 4.69) is 29.2 Å². The van der Waals surface area contributed by atoms with Crippen LogP contribution in [0.4, 0.5) is 4.79 Å². The molecule has 0 saturated carbocycles. The van der Waals surface area contributed by atoms with Crippen molar-refractivity contribution in [2.24, 2.45) is 11.8 Å². The summed E-state index contributed by atoms with van der Waals surface area (Å²) in [6.07, 6.45) is 4.39. The van der Waals surface area contributed by atoms with E-state index in [-0.39, 0.29) is 30.1 Å². The Kier molecular flexibility index (Phi) is 4.98. The van der Waals surface area contributed by atoms with Crippen LogP contribution in [0.5, 0.6) is 0 Å². The highest BCUT2D eigenvalue weighted by atomic mass is 16.6. The Balaban J connectivity index is 1.38. The largest absolute Gasteiger partial charge is 0.444 e. The molecule has 5 aliphatic rings. The Morgan fingerprint density at radius 1 is 1.00 bits per heavy atom. The van der Waals surface area contributed by atoms with E-state index < -0.39 is 0 Å². The first-order chi connectivity index (χ1) is 14.1. The molecule has 5 aliphatic heterocycles. The molecule has 0 radical (unpaired) electrons. The van der Waals surface area contributed by atoms with E-state index >= 15 is 0 Å². The van der Waals surface area contributed by atoms with E-state index in [0.717, 1.165) is 45.3 Å². The summed E-state index contributed by atoms with van der Waals surface area (Å²) in [7, 11) is 1.87. The molecule has 1 aromatic carbocycles. The van der Waals surface area contributed by atoms with Gasteiger partial charge in [0.1, 0.15) is 6.10 Å². The van der Waals surface area contributed by atoms with Crippen LogP contribution in [0.2, 0.25) is 0 Å². The number of rotatable bonds is 2. The Morgan fingerprint density at radius 2 is 1.79 bits per heavy atom. The molecule has 2 bridgehead atoms. The number of carbonyl (C=O) groups is 2. The zero-order valence-electron chi connectivity index (χ0n) is 17.3. The van der Waals surface area contributed by atoms with Crippen LogP contribution < -0.4 is 0 Å². The number of amides is 2. The first-order valence-electron chi connectivity index (χ1n) is 11.1. The standard InChI is InChI=1S/C23H31N3O3/c1-24-14-18(6-7-21(24)27)22-19-5-3-2-4-16(19)10-13-26(22)23(28)29-20-15-25-11-8-17(20)9-12-25/h2-5,17-18,20,22H,6-15H2,1H3/t18?,20-,22?/m0/s1. The molecule has 6 nitrogen and oxygen atoms in total. The van der Waals surface area contributed by atoms with Crippen LogP contribution in [0.1, 0.15) is 42.9 Å². The molecule has 1 aromatic rings. The second-order valence-corrected chi connectivity index (χ2v) is 9.22. The second kappa shape index (κ2) is 7.63. The Bertz CT molecular complexity index is 789. The average molecular weight is 398 g/mol. The van der Waals surface area contributed by atoms with Crippen molar-refractivity contribution in [1.82, 2.24) is 14.7 Å². The molecule has 2 unspecified atom stereocenters. The fraction of sp³-hybridized carbons (Fsp3) is 0.652. The van der Waals surface area contributed by atoms with Crippen molar-refractivity contribution in [3.63, 3.8) is 0 Å². The predicted molar refractivity (Wildman–Crippen MR) is 109 cm³/mol. The summed E-state index contributed by atoms with van der Waals surface area (Å²) in [5, 5.41) is 0. The molecule has 4 saturated heterocycles. The van der Waals surface area contributed by atoms with Gasteiger partial charge in [0.25, 0.3) is 0 Å². The number of ether oxygens (including phenoxy) is 1. The molecule has 0 aliphatic carbocycles. The van der Waals surface area contributed by atoms with Gasteiger partial charge in [-0.1, -0.05) is 24.3 Å². The van der Waals surface area contributed by atoms with Crippen molar-refractivity contribution in [3.8, 4) is 0 Å². The maximum atomic E-state index is 13.4. The van der Waals surface area contributed by atoms with Gasteiger partial charge < -0.3 is 14.5 Å². The first kappa shape index (κ1) is 18.9. The van der Waals surface area contributed by atoms with Gasteiger partial charge in [0.15, 0.2) is 0 Å². The van der Waals surface area contributed by atoms with E-state index in [0.29, 0.717) is 25.4 Å². The lowest BCUT2D eigenvalue weighted by atomic mass is 9.81. The Labute approximate surface area is 172 Å². The topological polar surface area (TPSA) is 53.1 Å². The van der Waals surface area contributed by atoms with Gasteiger partial charge >= 0.3 is 6.09 Å². The fourth-order valence-electron chi connectivity index (χ4n) is 5.86. The van der Waals surface area contributed by atoms with Crippen molar-refractivity contribution >= 4 is 12.0 Å². The minimum atomic E-state index is -0.164. The molecule has 0 N–H and O–H groups in total. The number of carbonyl (C=O) groups excluding carboxylic acids is 2.